The van der Waals surface area contributed by atoms with E-state index in [0.717, 1.165) is 12.8 Å². The van der Waals surface area contributed by atoms with Crippen molar-refractivity contribution < 1.29 is 0 Å². The SMILES string of the molecule is c1ccc(CC2Cc3ccccc3NC2c2ccccc2)cc1. The Balaban J connectivity index is 1.68. The highest BCUT2D eigenvalue weighted by Crippen LogP contribution is 2.38. The molecule has 1 N–H and O–H groups in total. The Morgan fingerprint density at radius 1 is 0.739 bits per heavy atom. The molecule has 2 atom stereocenters. The van der Waals surface area contributed by atoms with Gasteiger partial charge in [0.25, 0.3) is 0 Å². The van der Waals surface area contributed by atoms with E-state index in [0.29, 0.717) is 12.0 Å². The molecule has 0 aromatic heterocycles. The van der Waals surface area contributed by atoms with Crippen LogP contribution in [0.3, 0.4) is 0 Å². The first kappa shape index (κ1) is 14.1. The number of para-hydroxylation sites is 1. The van der Waals surface area contributed by atoms with Crippen molar-refractivity contribution in [3.05, 3.63) is 102 Å². The predicted molar refractivity (Wildman–Crippen MR) is 96.6 cm³/mol. The summed E-state index contributed by atoms with van der Waals surface area (Å²) in [5.41, 5.74) is 5.51. The van der Waals surface area contributed by atoms with Crippen molar-refractivity contribution in [3.63, 3.8) is 0 Å². The highest BCUT2D eigenvalue weighted by molar-refractivity contribution is 5.55. The van der Waals surface area contributed by atoms with Gasteiger partial charge >= 0.3 is 0 Å². The standard InChI is InChI=1S/C22H21N/c1-3-9-17(10-4-1)15-20-16-19-13-7-8-14-21(19)23-22(20)18-11-5-2-6-12-18/h1-14,20,22-23H,15-16H2. The Labute approximate surface area is 138 Å². The van der Waals surface area contributed by atoms with Gasteiger partial charge in [0.1, 0.15) is 0 Å². The Morgan fingerprint density at radius 2 is 1.39 bits per heavy atom. The first-order valence-electron chi connectivity index (χ1n) is 8.33. The maximum Gasteiger partial charge on any atom is 0.0548 e. The van der Waals surface area contributed by atoms with Crippen LogP contribution in [0.4, 0.5) is 5.69 Å². The summed E-state index contributed by atoms with van der Waals surface area (Å²) < 4.78 is 0. The van der Waals surface area contributed by atoms with Gasteiger partial charge in [0.15, 0.2) is 0 Å². The summed E-state index contributed by atoms with van der Waals surface area (Å²) in [6, 6.07) is 30.8. The molecule has 1 nitrogen and oxygen atoms in total. The van der Waals surface area contributed by atoms with Crippen molar-refractivity contribution in [1.82, 2.24) is 0 Å². The van der Waals surface area contributed by atoms with E-state index in [-0.39, 0.29) is 0 Å². The first-order valence-corrected chi connectivity index (χ1v) is 8.33. The Hall–Kier alpha value is -2.54. The van der Waals surface area contributed by atoms with Crippen LogP contribution in [0.2, 0.25) is 0 Å². The van der Waals surface area contributed by atoms with Crippen molar-refractivity contribution in [2.45, 2.75) is 18.9 Å². The van der Waals surface area contributed by atoms with Crippen molar-refractivity contribution in [2.24, 2.45) is 5.92 Å². The normalized spacial score (nSPS) is 19.7. The molecule has 0 fully saturated rings. The lowest BCUT2D eigenvalue weighted by atomic mass is 9.80. The molecule has 1 aliphatic heterocycles. The lowest BCUT2D eigenvalue weighted by Crippen LogP contribution is -2.29. The molecule has 23 heavy (non-hydrogen) atoms. The molecule has 1 heteroatoms. The molecule has 3 aromatic carbocycles. The third kappa shape index (κ3) is 3.00. The average molecular weight is 299 g/mol. The van der Waals surface area contributed by atoms with E-state index in [2.05, 4.69) is 90.2 Å². The van der Waals surface area contributed by atoms with Gasteiger partial charge in [-0.2, -0.15) is 0 Å². The van der Waals surface area contributed by atoms with Crippen molar-refractivity contribution in [2.75, 3.05) is 5.32 Å². The summed E-state index contributed by atoms with van der Waals surface area (Å²) in [5.74, 6) is 0.565. The van der Waals surface area contributed by atoms with Crippen molar-refractivity contribution in [1.29, 1.82) is 0 Å². The van der Waals surface area contributed by atoms with E-state index < -0.39 is 0 Å². The van der Waals surface area contributed by atoms with Gasteiger partial charge in [-0.15, -0.1) is 0 Å². The zero-order valence-corrected chi connectivity index (χ0v) is 13.2. The third-order valence-electron chi connectivity index (χ3n) is 4.78. The van der Waals surface area contributed by atoms with Gasteiger partial charge in [0.05, 0.1) is 6.04 Å². The second-order valence-electron chi connectivity index (χ2n) is 6.34. The first-order chi connectivity index (χ1) is 11.4. The number of anilines is 1. The van der Waals surface area contributed by atoms with Gasteiger partial charge < -0.3 is 5.32 Å². The van der Waals surface area contributed by atoms with Crippen molar-refractivity contribution >= 4 is 5.69 Å². The molecule has 2 unspecified atom stereocenters. The van der Waals surface area contributed by atoms with Crippen LogP contribution in [-0.4, -0.2) is 0 Å². The number of benzene rings is 3. The zero-order valence-electron chi connectivity index (χ0n) is 13.2. The minimum atomic E-state index is 0.367. The van der Waals surface area contributed by atoms with Gasteiger partial charge in [-0.25, -0.2) is 0 Å². The van der Waals surface area contributed by atoms with E-state index in [1.807, 2.05) is 0 Å². The molecule has 4 rings (SSSR count). The Morgan fingerprint density at radius 3 is 2.17 bits per heavy atom. The largest absolute Gasteiger partial charge is 0.378 e. The summed E-state index contributed by atoms with van der Waals surface area (Å²) in [6.07, 6.45) is 2.22. The molecule has 0 amide bonds. The van der Waals surface area contributed by atoms with Crippen LogP contribution in [0.25, 0.3) is 0 Å². The Kier molecular flexibility index (Phi) is 3.85. The lowest BCUT2D eigenvalue weighted by Gasteiger charge is -2.35. The minimum absolute atomic E-state index is 0.367. The fourth-order valence-electron chi connectivity index (χ4n) is 3.65. The number of hydrogen-bond donors (Lipinski definition) is 1. The quantitative estimate of drug-likeness (QED) is 0.696. The number of hydrogen-bond acceptors (Lipinski definition) is 1. The van der Waals surface area contributed by atoms with E-state index in [4.69, 9.17) is 0 Å². The van der Waals surface area contributed by atoms with Crippen LogP contribution in [-0.2, 0) is 12.8 Å². The van der Waals surface area contributed by atoms with E-state index in [9.17, 15) is 0 Å². The van der Waals surface area contributed by atoms with Crippen LogP contribution in [0.5, 0.6) is 0 Å². The van der Waals surface area contributed by atoms with Crippen LogP contribution in [0.15, 0.2) is 84.9 Å². The summed E-state index contributed by atoms with van der Waals surface area (Å²) in [7, 11) is 0. The second-order valence-corrected chi connectivity index (χ2v) is 6.34. The van der Waals surface area contributed by atoms with Gasteiger partial charge in [-0.3, -0.25) is 0 Å². The van der Waals surface area contributed by atoms with Gasteiger partial charge in [0.2, 0.25) is 0 Å². The molecule has 0 bridgehead atoms. The van der Waals surface area contributed by atoms with Gasteiger partial charge in [-0.05, 0) is 41.5 Å². The fourth-order valence-corrected chi connectivity index (χ4v) is 3.65. The molecule has 114 valence electrons. The van der Waals surface area contributed by atoms with Crippen LogP contribution in [0.1, 0.15) is 22.7 Å². The van der Waals surface area contributed by atoms with Gasteiger partial charge in [-0.1, -0.05) is 78.9 Å². The monoisotopic (exact) mass is 299 g/mol. The highest BCUT2D eigenvalue weighted by atomic mass is 14.9. The van der Waals surface area contributed by atoms with E-state index in [1.54, 1.807) is 0 Å². The fraction of sp³-hybridized carbons (Fsp3) is 0.182. The molecule has 1 heterocycles. The number of fused-ring (bicyclic) bond motifs is 1. The molecule has 3 aromatic rings. The van der Waals surface area contributed by atoms with E-state index >= 15 is 0 Å². The summed E-state index contributed by atoms with van der Waals surface area (Å²) in [4.78, 5) is 0. The predicted octanol–water partition coefficient (Wildman–Crippen LogP) is 5.25. The second kappa shape index (κ2) is 6.29. The van der Waals surface area contributed by atoms with Crippen LogP contribution < -0.4 is 5.32 Å². The summed E-state index contributed by atoms with van der Waals surface area (Å²) in [5, 5.41) is 3.78. The third-order valence-corrected chi connectivity index (χ3v) is 4.78. The van der Waals surface area contributed by atoms with Crippen LogP contribution >= 0.6 is 0 Å². The van der Waals surface area contributed by atoms with E-state index in [1.165, 1.54) is 22.4 Å². The molecule has 0 saturated heterocycles. The van der Waals surface area contributed by atoms with Gasteiger partial charge in [0, 0.05) is 5.69 Å². The maximum absolute atomic E-state index is 3.78. The smallest absolute Gasteiger partial charge is 0.0548 e. The maximum atomic E-state index is 3.78. The number of nitrogens with one attached hydrogen (secondary N) is 1. The summed E-state index contributed by atoms with van der Waals surface area (Å²) in [6.45, 7) is 0. The average Bonchev–Trinajstić information content (AvgIpc) is 2.63. The van der Waals surface area contributed by atoms with Crippen molar-refractivity contribution in [3.8, 4) is 0 Å². The topological polar surface area (TPSA) is 12.0 Å². The Bertz CT molecular complexity index is 764. The molecule has 0 aliphatic carbocycles. The molecule has 0 radical (unpaired) electrons. The van der Waals surface area contributed by atoms with Crippen LogP contribution in [0, 0.1) is 5.92 Å². The minimum Gasteiger partial charge on any atom is -0.378 e. The molecule has 1 aliphatic rings. The lowest BCUT2D eigenvalue weighted by molar-refractivity contribution is 0.435. The number of rotatable bonds is 3. The zero-order chi connectivity index (χ0) is 15.5. The highest BCUT2D eigenvalue weighted by Gasteiger charge is 2.29. The summed E-state index contributed by atoms with van der Waals surface area (Å²) >= 11 is 0. The molecular weight excluding hydrogens is 278 g/mol. The molecule has 0 spiro atoms. The molecule has 0 saturated carbocycles. The molecular formula is C22H21N.